The van der Waals surface area contributed by atoms with Gasteiger partial charge in [0.25, 0.3) is 0 Å². The van der Waals surface area contributed by atoms with Crippen molar-refractivity contribution < 1.29 is 0 Å². The minimum Gasteiger partial charge on any atom is -0.385 e. The summed E-state index contributed by atoms with van der Waals surface area (Å²) in [5, 5.41) is 3.56. The van der Waals surface area contributed by atoms with Gasteiger partial charge in [-0.3, -0.25) is 0 Å². The van der Waals surface area contributed by atoms with Crippen molar-refractivity contribution >= 4 is 17.0 Å². The lowest BCUT2D eigenvalue weighted by Crippen LogP contribution is -2.18. The normalized spacial score (nSPS) is 17.8. The molecule has 0 fully saturated rings. The highest BCUT2D eigenvalue weighted by Crippen LogP contribution is 2.41. The average molecular weight is 398 g/mol. The van der Waals surface area contributed by atoms with Gasteiger partial charge in [0.2, 0.25) is 0 Å². The molecule has 3 rings (SSSR count). The molecular weight excluding hydrogens is 358 g/mol. The van der Waals surface area contributed by atoms with E-state index in [1.165, 1.54) is 61.0 Å². The van der Waals surface area contributed by atoms with Crippen LogP contribution in [-0.4, -0.2) is 6.54 Å². The van der Waals surface area contributed by atoms with Gasteiger partial charge in [0.1, 0.15) is 0 Å². The Bertz CT molecular complexity index is 732. The molecule has 0 saturated carbocycles. The number of aryl methyl sites for hydroxylation is 2. The highest BCUT2D eigenvalue weighted by atomic mass is 32.1. The lowest BCUT2D eigenvalue weighted by atomic mass is 9.81. The summed E-state index contributed by atoms with van der Waals surface area (Å²) in [5.41, 5.74) is 7.24. The van der Waals surface area contributed by atoms with Gasteiger partial charge in [0.05, 0.1) is 0 Å². The first kappa shape index (κ1) is 22.7. The van der Waals surface area contributed by atoms with Gasteiger partial charge in [-0.1, -0.05) is 62.6 Å². The molecule has 0 saturated heterocycles. The molecule has 2 aliphatic rings. The van der Waals surface area contributed by atoms with Crippen molar-refractivity contribution in [1.29, 1.82) is 0 Å². The maximum absolute atomic E-state index is 4.34. The Morgan fingerprint density at radius 2 is 2.07 bits per heavy atom. The number of hydrogen-bond acceptors (Lipinski definition) is 2. The summed E-state index contributed by atoms with van der Waals surface area (Å²) >= 11 is 2.00. The van der Waals surface area contributed by atoms with Crippen molar-refractivity contribution in [3.05, 3.63) is 63.4 Å². The summed E-state index contributed by atoms with van der Waals surface area (Å²) in [6, 6.07) is 0. The molecule has 1 heterocycles. The van der Waals surface area contributed by atoms with E-state index in [0.29, 0.717) is 0 Å². The first-order valence-electron chi connectivity index (χ1n) is 11.0. The Balaban J connectivity index is 0.000000500. The fourth-order valence-electron chi connectivity index (χ4n) is 4.11. The van der Waals surface area contributed by atoms with Gasteiger partial charge in [0.15, 0.2) is 0 Å². The number of unbranched alkanes of at least 4 members (excludes halogenated alkanes) is 2. The minimum atomic E-state index is 0.729. The third-order valence-electron chi connectivity index (χ3n) is 5.70. The Hall–Kier alpha value is -1.54. The third-order valence-corrected chi connectivity index (χ3v) is 6.90. The van der Waals surface area contributed by atoms with E-state index in [-0.39, 0.29) is 0 Å². The SMILES string of the molecule is C=C(NCCCC)c1c(C)sc2c1CC(C1=CC(C)=CC1)CC2.C=CCCC. The fraction of sp³-hybridized carbons (Fsp3) is 0.538. The largest absolute Gasteiger partial charge is 0.385 e. The van der Waals surface area contributed by atoms with Crippen molar-refractivity contribution in [2.75, 3.05) is 6.54 Å². The van der Waals surface area contributed by atoms with Crippen LogP contribution < -0.4 is 5.32 Å². The van der Waals surface area contributed by atoms with Gasteiger partial charge in [-0.2, -0.15) is 0 Å². The highest BCUT2D eigenvalue weighted by molar-refractivity contribution is 7.12. The predicted molar refractivity (Wildman–Crippen MR) is 128 cm³/mol. The third kappa shape index (κ3) is 5.98. The molecule has 0 aromatic carbocycles. The van der Waals surface area contributed by atoms with E-state index >= 15 is 0 Å². The molecule has 2 aliphatic carbocycles. The monoisotopic (exact) mass is 397 g/mol. The Morgan fingerprint density at radius 3 is 2.64 bits per heavy atom. The summed E-state index contributed by atoms with van der Waals surface area (Å²) in [4.78, 5) is 3.05. The van der Waals surface area contributed by atoms with Crippen molar-refractivity contribution in [2.24, 2.45) is 5.92 Å². The number of hydrogen-bond donors (Lipinski definition) is 1. The second-order valence-corrected chi connectivity index (χ2v) is 9.39. The molecule has 0 spiro atoms. The van der Waals surface area contributed by atoms with Gasteiger partial charge in [-0.25, -0.2) is 0 Å². The maximum Gasteiger partial charge on any atom is 0.0354 e. The van der Waals surface area contributed by atoms with Gasteiger partial charge < -0.3 is 5.32 Å². The van der Waals surface area contributed by atoms with Crippen molar-refractivity contribution in [3.63, 3.8) is 0 Å². The Kier molecular flexibility index (Phi) is 9.31. The molecule has 154 valence electrons. The minimum absolute atomic E-state index is 0.729. The van der Waals surface area contributed by atoms with Crippen LogP contribution in [0.4, 0.5) is 0 Å². The molecular formula is C26H39NS. The molecule has 28 heavy (non-hydrogen) atoms. The molecule has 0 radical (unpaired) electrons. The zero-order valence-corrected chi connectivity index (χ0v) is 19.3. The molecule has 1 atom stereocenters. The lowest BCUT2D eigenvalue weighted by Gasteiger charge is -2.25. The smallest absolute Gasteiger partial charge is 0.0354 e. The van der Waals surface area contributed by atoms with Crippen molar-refractivity contribution in [1.82, 2.24) is 5.32 Å². The highest BCUT2D eigenvalue weighted by Gasteiger charge is 2.28. The fourth-order valence-corrected chi connectivity index (χ4v) is 5.36. The predicted octanol–water partition coefficient (Wildman–Crippen LogP) is 7.77. The van der Waals surface area contributed by atoms with E-state index in [2.05, 4.69) is 58.3 Å². The van der Waals surface area contributed by atoms with Crippen LogP contribution in [0.3, 0.4) is 0 Å². The molecule has 0 aliphatic heterocycles. The van der Waals surface area contributed by atoms with Crippen molar-refractivity contribution in [2.45, 2.75) is 79.1 Å². The molecule has 1 N–H and O–H groups in total. The molecule has 1 aromatic heterocycles. The molecule has 1 aromatic rings. The van der Waals surface area contributed by atoms with Gasteiger partial charge >= 0.3 is 0 Å². The lowest BCUT2D eigenvalue weighted by molar-refractivity contribution is 0.524. The zero-order chi connectivity index (χ0) is 20.5. The molecule has 0 bridgehead atoms. The standard InChI is InChI=1S/C21H29NS.C5H10/c1-5-6-11-22-15(3)21-16(4)23-20-10-9-18(13-19(20)21)17-8-7-14(2)12-17;1-3-5-4-2/h7,12,18,22H,3,5-6,8-11,13H2,1-2,4H3;3H,1,4-5H2,2H3. The van der Waals surface area contributed by atoms with Crippen LogP contribution in [0.2, 0.25) is 0 Å². The van der Waals surface area contributed by atoms with Gasteiger partial charge in [-0.05, 0) is 63.9 Å². The van der Waals surface area contributed by atoms with Crippen LogP contribution >= 0.6 is 11.3 Å². The van der Waals surface area contributed by atoms with E-state index in [0.717, 1.165) is 24.6 Å². The van der Waals surface area contributed by atoms with E-state index in [4.69, 9.17) is 0 Å². The van der Waals surface area contributed by atoms with E-state index in [9.17, 15) is 0 Å². The Labute approximate surface area is 177 Å². The number of nitrogens with one attached hydrogen (secondary N) is 1. The topological polar surface area (TPSA) is 12.0 Å². The van der Waals surface area contributed by atoms with Crippen LogP contribution in [0.25, 0.3) is 5.70 Å². The second kappa shape index (κ2) is 11.5. The molecule has 2 heteroatoms. The maximum atomic E-state index is 4.34. The second-order valence-electron chi connectivity index (χ2n) is 8.08. The van der Waals surface area contributed by atoms with Crippen LogP contribution in [0, 0.1) is 12.8 Å². The molecule has 1 unspecified atom stereocenters. The summed E-state index contributed by atoms with van der Waals surface area (Å²) in [5.74, 6) is 0.729. The number of fused-ring (bicyclic) bond motifs is 1. The van der Waals surface area contributed by atoms with Crippen LogP contribution in [0.15, 0.2) is 42.5 Å². The van der Waals surface area contributed by atoms with Gasteiger partial charge in [0, 0.05) is 27.6 Å². The van der Waals surface area contributed by atoms with E-state index in [1.807, 2.05) is 17.4 Å². The Morgan fingerprint density at radius 1 is 1.29 bits per heavy atom. The number of allylic oxidation sites excluding steroid dienone is 5. The summed E-state index contributed by atoms with van der Waals surface area (Å²) < 4.78 is 0. The van der Waals surface area contributed by atoms with Crippen LogP contribution in [0.1, 0.15) is 80.2 Å². The summed E-state index contributed by atoms with van der Waals surface area (Å²) in [7, 11) is 0. The quantitative estimate of drug-likeness (QED) is 0.349. The first-order valence-corrected chi connectivity index (χ1v) is 11.9. The average Bonchev–Trinajstić information content (AvgIpc) is 3.24. The van der Waals surface area contributed by atoms with E-state index < -0.39 is 0 Å². The first-order chi connectivity index (χ1) is 13.5. The summed E-state index contributed by atoms with van der Waals surface area (Å²) in [6.07, 6.45) is 16.5. The zero-order valence-electron chi connectivity index (χ0n) is 18.5. The van der Waals surface area contributed by atoms with Crippen LogP contribution in [0.5, 0.6) is 0 Å². The number of rotatable bonds is 8. The molecule has 0 amide bonds. The van der Waals surface area contributed by atoms with Gasteiger partial charge in [-0.15, -0.1) is 17.9 Å². The summed E-state index contributed by atoms with van der Waals surface area (Å²) in [6.45, 7) is 17.8. The van der Waals surface area contributed by atoms with Crippen LogP contribution in [-0.2, 0) is 12.8 Å². The van der Waals surface area contributed by atoms with Crippen molar-refractivity contribution in [3.8, 4) is 0 Å². The number of thiophene rings is 1. The van der Waals surface area contributed by atoms with E-state index in [1.54, 1.807) is 16.0 Å². The molecule has 1 nitrogen and oxygen atoms in total.